The monoisotopic (exact) mass is 256 g/mol. The second-order valence-corrected chi connectivity index (χ2v) is 5.16. The van der Waals surface area contributed by atoms with Gasteiger partial charge in [-0.15, -0.1) is 0 Å². The van der Waals surface area contributed by atoms with Gasteiger partial charge in [0, 0.05) is 12.6 Å². The number of hydrogen-bond donors (Lipinski definition) is 1. The highest BCUT2D eigenvalue weighted by Gasteiger charge is 2.38. The van der Waals surface area contributed by atoms with Crippen LogP contribution in [0.3, 0.4) is 0 Å². The van der Waals surface area contributed by atoms with Gasteiger partial charge in [0.05, 0.1) is 38.4 Å². The van der Waals surface area contributed by atoms with Gasteiger partial charge in [0.1, 0.15) is 0 Å². The summed E-state index contributed by atoms with van der Waals surface area (Å²) in [7, 11) is 0. The number of carbonyl (C=O) groups is 1. The van der Waals surface area contributed by atoms with E-state index in [9.17, 15) is 4.79 Å². The van der Waals surface area contributed by atoms with Gasteiger partial charge in [0.25, 0.3) is 0 Å². The lowest BCUT2D eigenvalue weighted by Gasteiger charge is -2.35. The molecule has 1 N–H and O–H groups in total. The highest BCUT2D eigenvalue weighted by atomic mass is 16.5. The van der Waals surface area contributed by atoms with Crippen LogP contribution in [0.2, 0.25) is 0 Å². The van der Waals surface area contributed by atoms with Crippen LogP contribution < -0.4 is 5.32 Å². The van der Waals surface area contributed by atoms with Crippen molar-refractivity contribution in [1.82, 2.24) is 10.2 Å². The number of hydrogen-bond acceptors (Lipinski definition) is 4. The fourth-order valence-electron chi connectivity index (χ4n) is 2.60. The highest BCUT2D eigenvalue weighted by Crippen LogP contribution is 2.19. The number of rotatable bonds is 4. The molecule has 5 nitrogen and oxygen atoms in total. The molecular weight excluding hydrogens is 232 g/mol. The topological polar surface area (TPSA) is 50.8 Å². The van der Waals surface area contributed by atoms with Gasteiger partial charge in [-0.1, -0.05) is 6.92 Å². The van der Waals surface area contributed by atoms with E-state index in [0.29, 0.717) is 33.0 Å². The average Bonchev–Trinajstić information content (AvgIpc) is 2.84. The molecule has 1 amide bonds. The van der Waals surface area contributed by atoms with E-state index in [1.54, 1.807) is 0 Å². The van der Waals surface area contributed by atoms with Crippen LogP contribution in [-0.4, -0.2) is 62.4 Å². The molecule has 104 valence electrons. The molecule has 0 aromatic carbocycles. The van der Waals surface area contributed by atoms with Crippen molar-refractivity contribution in [2.45, 2.75) is 32.4 Å². The average molecular weight is 256 g/mol. The first kappa shape index (κ1) is 13.8. The molecule has 0 aliphatic carbocycles. The van der Waals surface area contributed by atoms with Crippen LogP contribution in [0.25, 0.3) is 0 Å². The van der Waals surface area contributed by atoms with Gasteiger partial charge in [-0.05, 0) is 19.9 Å². The zero-order valence-corrected chi connectivity index (χ0v) is 11.4. The molecular formula is C13H24N2O3. The van der Waals surface area contributed by atoms with Crippen LogP contribution in [-0.2, 0) is 14.3 Å². The summed E-state index contributed by atoms with van der Waals surface area (Å²) in [6, 6.07) is 0.353. The molecule has 0 aromatic heterocycles. The molecule has 2 heterocycles. The van der Waals surface area contributed by atoms with E-state index < -0.39 is 0 Å². The van der Waals surface area contributed by atoms with Crippen molar-refractivity contribution in [3.05, 3.63) is 0 Å². The Morgan fingerprint density at radius 2 is 2.17 bits per heavy atom. The summed E-state index contributed by atoms with van der Waals surface area (Å²) >= 11 is 0. The Balaban J connectivity index is 1.94. The second kappa shape index (κ2) is 6.50. The van der Waals surface area contributed by atoms with E-state index in [0.717, 1.165) is 13.0 Å². The molecule has 0 radical (unpaired) electrons. The first-order chi connectivity index (χ1) is 8.74. The number of nitrogens with one attached hydrogen (secondary N) is 1. The Morgan fingerprint density at radius 1 is 1.33 bits per heavy atom. The van der Waals surface area contributed by atoms with E-state index in [4.69, 9.17) is 9.47 Å². The summed E-state index contributed by atoms with van der Waals surface area (Å²) in [5, 5.41) is 3.41. The Labute approximate surface area is 109 Å². The van der Waals surface area contributed by atoms with Crippen molar-refractivity contribution in [2.75, 3.05) is 39.5 Å². The SMILES string of the molecule is CCCNC1COCC1C(=O)N1CCOC[C@H]1C. The molecule has 3 atom stereocenters. The van der Waals surface area contributed by atoms with Crippen LogP contribution in [0.15, 0.2) is 0 Å². The zero-order valence-electron chi connectivity index (χ0n) is 11.4. The Bertz CT molecular complexity index is 285. The molecule has 2 fully saturated rings. The maximum Gasteiger partial charge on any atom is 0.230 e. The van der Waals surface area contributed by atoms with E-state index in [1.807, 2.05) is 11.8 Å². The predicted molar refractivity (Wildman–Crippen MR) is 68.4 cm³/mol. The maximum absolute atomic E-state index is 12.5. The van der Waals surface area contributed by atoms with Crippen LogP contribution in [0.4, 0.5) is 0 Å². The molecule has 5 heteroatoms. The molecule has 0 bridgehead atoms. The minimum atomic E-state index is -0.0305. The standard InChI is InChI=1S/C13H24N2O3/c1-3-4-14-12-9-18-8-11(12)13(16)15-5-6-17-7-10(15)2/h10-12,14H,3-9H2,1-2H3/t10-,11?,12?/m1/s1. The van der Waals surface area contributed by atoms with Gasteiger partial charge in [0.15, 0.2) is 0 Å². The Morgan fingerprint density at radius 3 is 2.89 bits per heavy atom. The number of carbonyl (C=O) groups excluding carboxylic acids is 1. The van der Waals surface area contributed by atoms with Crippen molar-refractivity contribution >= 4 is 5.91 Å². The predicted octanol–water partition coefficient (Wildman–Crippen LogP) is 0.248. The van der Waals surface area contributed by atoms with Crippen LogP contribution >= 0.6 is 0 Å². The smallest absolute Gasteiger partial charge is 0.230 e. The lowest BCUT2D eigenvalue weighted by atomic mass is 10.0. The van der Waals surface area contributed by atoms with Gasteiger partial charge < -0.3 is 19.7 Å². The Kier molecular flexibility index (Phi) is 4.97. The molecule has 18 heavy (non-hydrogen) atoms. The molecule has 0 spiro atoms. The normalized spacial score (nSPS) is 32.8. The van der Waals surface area contributed by atoms with Gasteiger partial charge in [-0.2, -0.15) is 0 Å². The molecule has 2 unspecified atom stereocenters. The summed E-state index contributed by atoms with van der Waals surface area (Å²) in [6.45, 7) is 8.31. The number of morpholine rings is 1. The minimum Gasteiger partial charge on any atom is -0.379 e. The lowest BCUT2D eigenvalue weighted by molar-refractivity contribution is -0.144. The minimum absolute atomic E-state index is 0.0305. The summed E-state index contributed by atoms with van der Waals surface area (Å²) in [5.41, 5.74) is 0. The molecule has 2 rings (SSSR count). The van der Waals surface area contributed by atoms with Gasteiger partial charge in [-0.3, -0.25) is 4.79 Å². The summed E-state index contributed by atoms with van der Waals surface area (Å²) in [5.74, 6) is 0.189. The fraction of sp³-hybridized carbons (Fsp3) is 0.923. The molecule has 2 saturated heterocycles. The van der Waals surface area contributed by atoms with Gasteiger partial charge in [0.2, 0.25) is 5.91 Å². The van der Waals surface area contributed by atoms with Crippen molar-refractivity contribution in [1.29, 1.82) is 0 Å². The Hall–Kier alpha value is -0.650. The highest BCUT2D eigenvalue weighted by molar-refractivity contribution is 5.80. The number of ether oxygens (including phenoxy) is 2. The molecule has 2 aliphatic heterocycles. The second-order valence-electron chi connectivity index (χ2n) is 5.16. The quantitative estimate of drug-likeness (QED) is 0.783. The van der Waals surface area contributed by atoms with Gasteiger partial charge >= 0.3 is 0 Å². The molecule has 0 saturated carbocycles. The number of amides is 1. The van der Waals surface area contributed by atoms with Crippen molar-refractivity contribution in [3.8, 4) is 0 Å². The summed E-state index contributed by atoms with van der Waals surface area (Å²) in [4.78, 5) is 14.5. The van der Waals surface area contributed by atoms with Crippen LogP contribution in [0.1, 0.15) is 20.3 Å². The lowest BCUT2D eigenvalue weighted by Crippen LogP contribution is -2.53. The third-order valence-electron chi connectivity index (χ3n) is 3.70. The van der Waals surface area contributed by atoms with E-state index >= 15 is 0 Å². The third kappa shape index (κ3) is 3.02. The summed E-state index contributed by atoms with van der Waals surface area (Å²) < 4.78 is 10.8. The molecule has 0 aromatic rings. The van der Waals surface area contributed by atoms with E-state index in [1.165, 1.54) is 0 Å². The van der Waals surface area contributed by atoms with Crippen molar-refractivity contribution in [3.63, 3.8) is 0 Å². The van der Waals surface area contributed by atoms with Crippen LogP contribution in [0, 0.1) is 5.92 Å². The van der Waals surface area contributed by atoms with Crippen molar-refractivity contribution < 1.29 is 14.3 Å². The summed E-state index contributed by atoms with van der Waals surface area (Å²) in [6.07, 6.45) is 1.07. The first-order valence-electron chi connectivity index (χ1n) is 6.93. The van der Waals surface area contributed by atoms with E-state index in [-0.39, 0.29) is 23.9 Å². The third-order valence-corrected chi connectivity index (χ3v) is 3.70. The first-order valence-corrected chi connectivity index (χ1v) is 6.93. The van der Waals surface area contributed by atoms with Crippen LogP contribution in [0.5, 0.6) is 0 Å². The zero-order chi connectivity index (χ0) is 13.0. The van der Waals surface area contributed by atoms with E-state index in [2.05, 4.69) is 12.2 Å². The maximum atomic E-state index is 12.5. The van der Waals surface area contributed by atoms with Gasteiger partial charge in [-0.25, -0.2) is 0 Å². The largest absolute Gasteiger partial charge is 0.379 e. The number of nitrogens with zero attached hydrogens (tertiary/aromatic N) is 1. The molecule has 2 aliphatic rings. The van der Waals surface area contributed by atoms with Crippen molar-refractivity contribution in [2.24, 2.45) is 5.92 Å². The fourth-order valence-corrected chi connectivity index (χ4v) is 2.60.